The van der Waals surface area contributed by atoms with Crippen LogP contribution in [0.2, 0.25) is 0 Å². The molecule has 6 nitrogen and oxygen atoms in total. The van der Waals surface area contributed by atoms with E-state index >= 15 is 0 Å². The summed E-state index contributed by atoms with van der Waals surface area (Å²) >= 11 is 1.59. The lowest BCUT2D eigenvalue weighted by Gasteiger charge is -2.08. The van der Waals surface area contributed by atoms with E-state index in [4.69, 9.17) is 4.42 Å². The minimum absolute atomic E-state index is 0.140. The lowest BCUT2D eigenvalue weighted by atomic mass is 10.2. The van der Waals surface area contributed by atoms with Crippen LogP contribution in [0.25, 0.3) is 0 Å². The summed E-state index contributed by atoms with van der Waals surface area (Å²) < 4.78 is 32.4. The number of furan rings is 1. The van der Waals surface area contributed by atoms with Gasteiger partial charge in [0.1, 0.15) is 5.76 Å². The van der Waals surface area contributed by atoms with Crippen molar-refractivity contribution in [3.63, 3.8) is 0 Å². The first-order valence-corrected chi connectivity index (χ1v) is 10.8. The summed E-state index contributed by atoms with van der Waals surface area (Å²) in [6.45, 7) is 0.772. The predicted molar refractivity (Wildman–Crippen MR) is 104 cm³/mol. The first-order chi connectivity index (χ1) is 13.0. The van der Waals surface area contributed by atoms with Crippen LogP contribution in [-0.2, 0) is 22.9 Å². The molecule has 0 aliphatic rings. The van der Waals surface area contributed by atoms with Gasteiger partial charge in [-0.05, 0) is 54.3 Å². The van der Waals surface area contributed by atoms with Gasteiger partial charge < -0.3 is 9.73 Å². The Morgan fingerprint density at radius 1 is 1.00 bits per heavy atom. The molecule has 1 aromatic carbocycles. The molecule has 0 radical (unpaired) electrons. The van der Waals surface area contributed by atoms with E-state index < -0.39 is 10.0 Å². The van der Waals surface area contributed by atoms with Crippen molar-refractivity contribution in [1.29, 1.82) is 0 Å². The zero-order valence-electron chi connectivity index (χ0n) is 14.6. The van der Waals surface area contributed by atoms with Crippen LogP contribution in [0.15, 0.2) is 69.5 Å². The molecule has 0 unspecified atom stereocenters. The molecular formula is C19H20N2O4S2. The van der Waals surface area contributed by atoms with Crippen molar-refractivity contribution < 1.29 is 17.6 Å². The van der Waals surface area contributed by atoms with Gasteiger partial charge in [-0.2, -0.15) is 0 Å². The van der Waals surface area contributed by atoms with Crippen molar-refractivity contribution >= 4 is 27.3 Å². The fraction of sp³-hybridized carbons (Fsp3) is 0.211. The molecule has 1 amide bonds. The van der Waals surface area contributed by atoms with Gasteiger partial charge in [-0.1, -0.05) is 6.07 Å². The number of hydrogen-bond donors (Lipinski definition) is 2. The third kappa shape index (κ3) is 5.53. The molecule has 0 aliphatic carbocycles. The first kappa shape index (κ1) is 19.3. The highest BCUT2D eigenvalue weighted by molar-refractivity contribution is 7.89. The van der Waals surface area contributed by atoms with Gasteiger partial charge in [0.2, 0.25) is 10.0 Å². The van der Waals surface area contributed by atoms with E-state index in [2.05, 4.69) is 10.0 Å². The van der Waals surface area contributed by atoms with Crippen molar-refractivity contribution in [2.75, 3.05) is 13.1 Å². The van der Waals surface area contributed by atoms with E-state index in [1.54, 1.807) is 23.7 Å². The summed E-state index contributed by atoms with van der Waals surface area (Å²) in [5, 5.41) is 4.74. The average molecular weight is 405 g/mol. The monoisotopic (exact) mass is 404 g/mol. The smallest absolute Gasteiger partial charge is 0.251 e. The first-order valence-electron chi connectivity index (χ1n) is 8.47. The molecule has 0 atom stereocenters. The fourth-order valence-electron chi connectivity index (χ4n) is 2.49. The Morgan fingerprint density at radius 2 is 1.81 bits per heavy atom. The van der Waals surface area contributed by atoms with E-state index in [1.165, 1.54) is 24.3 Å². The molecule has 0 saturated heterocycles. The van der Waals surface area contributed by atoms with Gasteiger partial charge in [-0.15, -0.1) is 11.3 Å². The van der Waals surface area contributed by atoms with Gasteiger partial charge in [0.25, 0.3) is 5.91 Å². The zero-order valence-corrected chi connectivity index (χ0v) is 16.2. The quantitative estimate of drug-likeness (QED) is 0.574. The summed E-state index contributed by atoms with van der Waals surface area (Å²) in [6, 6.07) is 13.4. The second-order valence-electron chi connectivity index (χ2n) is 5.84. The molecule has 142 valence electrons. The number of sulfonamides is 1. The van der Waals surface area contributed by atoms with Gasteiger partial charge in [0.15, 0.2) is 0 Å². The summed E-state index contributed by atoms with van der Waals surface area (Å²) in [6.07, 6.45) is 2.83. The van der Waals surface area contributed by atoms with Crippen LogP contribution >= 0.6 is 11.3 Å². The molecule has 0 aliphatic heterocycles. The number of carbonyl (C=O) groups is 1. The molecule has 2 aromatic heterocycles. The van der Waals surface area contributed by atoms with Gasteiger partial charge in [0, 0.05) is 30.0 Å². The Labute approximate surface area is 162 Å². The molecule has 8 heteroatoms. The third-order valence-corrected chi connectivity index (χ3v) is 6.32. The second-order valence-corrected chi connectivity index (χ2v) is 8.64. The molecule has 0 spiro atoms. The van der Waals surface area contributed by atoms with Crippen molar-refractivity contribution in [3.05, 3.63) is 76.4 Å². The van der Waals surface area contributed by atoms with Crippen LogP contribution < -0.4 is 10.0 Å². The fourth-order valence-corrected chi connectivity index (χ4v) is 4.23. The van der Waals surface area contributed by atoms with E-state index in [-0.39, 0.29) is 10.8 Å². The van der Waals surface area contributed by atoms with Gasteiger partial charge in [0.05, 0.1) is 11.2 Å². The number of thiophene rings is 1. The summed E-state index contributed by atoms with van der Waals surface area (Å²) in [7, 11) is -3.59. The standard InChI is InChI=1S/C19H20N2O4S2/c22-19(20-11-9-16-3-1-13-25-16)15-5-7-18(8-6-15)27(23,24)21-12-10-17-4-2-14-26-17/h1-8,13-14,21H,9-12H2,(H,20,22). The third-order valence-electron chi connectivity index (χ3n) is 3.91. The van der Waals surface area contributed by atoms with Crippen LogP contribution in [0, 0.1) is 0 Å². The van der Waals surface area contributed by atoms with E-state index in [1.807, 2.05) is 23.6 Å². The second kappa shape index (κ2) is 8.98. The highest BCUT2D eigenvalue weighted by Crippen LogP contribution is 2.12. The van der Waals surface area contributed by atoms with E-state index in [0.29, 0.717) is 31.5 Å². The summed E-state index contributed by atoms with van der Waals surface area (Å²) in [5.74, 6) is 0.543. The van der Waals surface area contributed by atoms with Crippen LogP contribution in [-0.4, -0.2) is 27.4 Å². The average Bonchev–Trinajstić information content (AvgIpc) is 3.36. The molecule has 3 rings (SSSR count). The Bertz CT molecular complexity index is 948. The minimum Gasteiger partial charge on any atom is -0.469 e. The van der Waals surface area contributed by atoms with Crippen LogP contribution in [0.4, 0.5) is 0 Å². The number of rotatable bonds is 9. The SMILES string of the molecule is O=C(NCCc1ccco1)c1ccc(S(=O)(=O)NCCc2cccs2)cc1. The number of carbonyl (C=O) groups excluding carboxylic acids is 1. The molecule has 0 fully saturated rings. The van der Waals surface area contributed by atoms with Crippen LogP contribution in [0.1, 0.15) is 21.0 Å². The topological polar surface area (TPSA) is 88.4 Å². The van der Waals surface area contributed by atoms with Gasteiger partial charge in [-0.25, -0.2) is 13.1 Å². The summed E-state index contributed by atoms with van der Waals surface area (Å²) in [4.78, 5) is 13.4. The maximum atomic E-state index is 12.3. The number of amides is 1. The number of benzene rings is 1. The lowest BCUT2D eigenvalue weighted by molar-refractivity contribution is 0.0953. The normalized spacial score (nSPS) is 11.4. The number of hydrogen-bond acceptors (Lipinski definition) is 5. The molecule has 0 bridgehead atoms. The van der Waals surface area contributed by atoms with E-state index in [9.17, 15) is 13.2 Å². The highest BCUT2D eigenvalue weighted by atomic mass is 32.2. The molecule has 2 heterocycles. The van der Waals surface area contributed by atoms with Crippen LogP contribution in [0.5, 0.6) is 0 Å². The van der Waals surface area contributed by atoms with Crippen molar-refractivity contribution in [3.8, 4) is 0 Å². The van der Waals surface area contributed by atoms with Gasteiger partial charge in [-0.3, -0.25) is 4.79 Å². The predicted octanol–water partition coefficient (Wildman–Crippen LogP) is 2.83. The summed E-state index contributed by atoms with van der Waals surface area (Å²) in [5.41, 5.74) is 0.409. The minimum atomic E-state index is -3.59. The van der Waals surface area contributed by atoms with E-state index in [0.717, 1.165) is 10.6 Å². The Kier molecular flexibility index (Phi) is 6.44. The van der Waals surface area contributed by atoms with Crippen molar-refractivity contribution in [1.82, 2.24) is 10.0 Å². The molecule has 27 heavy (non-hydrogen) atoms. The highest BCUT2D eigenvalue weighted by Gasteiger charge is 2.14. The van der Waals surface area contributed by atoms with Crippen molar-refractivity contribution in [2.45, 2.75) is 17.7 Å². The maximum absolute atomic E-state index is 12.3. The van der Waals surface area contributed by atoms with Gasteiger partial charge >= 0.3 is 0 Å². The molecule has 3 aromatic rings. The Hall–Kier alpha value is -2.42. The maximum Gasteiger partial charge on any atom is 0.251 e. The Morgan fingerprint density at radius 3 is 2.48 bits per heavy atom. The molecule has 2 N–H and O–H groups in total. The van der Waals surface area contributed by atoms with Crippen LogP contribution in [0.3, 0.4) is 0 Å². The lowest BCUT2D eigenvalue weighted by Crippen LogP contribution is -2.27. The molecular weight excluding hydrogens is 384 g/mol. The number of nitrogens with one attached hydrogen (secondary N) is 2. The zero-order chi connectivity index (χ0) is 19.1. The Balaban J connectivity index is 1.51. The van der Waals surface area contributed by atoms with Crippen molar-refractivity contribution in [2.24, 2.45) is 0 Å². The largest absolute Gasteiger partial charge is 0.469 e. The molecule has 0 saturated carbocycles.